The Morgan fingerprint density at radius 2 is 1.84 bits per heavy atom. The molecule has 1 saturated heterocycles. The summed E-state index contributed by atoms with van der Waals surface area (Å²) in [5.41, 5.74) is 4.26. The molecule has 0 bridgehead atoms. The zero-order valence-electron chi connectivity index (χ0n) is 18.8. The molecule has 0 aromatic heterocycles. The molecule has 0 radical (unpaired) electrons. The number of alkyl halides is 1. The van der Waals surface area contributed by atoms with Gasteiger partial charge in [0.25, 0.3) is 0 Å². The number of nitrogens with zero attached hydrogens (tertiary/aromatic N) is 1. The Kier molecular flexibility index (Phi) is 9.23. The van der Waals surface area contributed by atoms with Crippen LogP contribution in [0.15, 0.2) is 60.1 Å². The maximum atomic E-state index is 13.1. The van der Waals surface area contributed by atoms with Crippen molar-refractivity contribution in [3.05, 3.63) is 77.5 Å². The molecule has 0 saturated carbocycles. The molecule has 1 aliphatic rings. The monoisotopic (exact) mass is 438 g/mol. The van der Waals surface area contributed by atoms with Crippen molar-refractivity contribution in [2.24, 2.45) is 5.92 Å². The molecule has 0 aliphatic carbocycles. The summed E-state index contributed by atoms with van der Waals surface area (Å²) in [6.45, 7) is 8.82. The SMILES string of the molecule is C=Cc1ccc(CCC2CCN(Cc3ccc(SC(C)F)cc3)CC2)cc1/C=C\NC. The van der Waals surface area contributed by atoms with Crippen molar-refractivity contribution < 1.29 is 4.39 Å². The van der Waals surface area contributed by atoms with Crippen molar-refractivity contribution >= 4 is 23.9 Å². The van der Waals surface area contributed by atoms with E-state index in [1.54, 1.807) is 6.92 Å². The van der Waals surface area contributed by atoms with Gasteiger partial charge in [-0.2, -0.15) is 0 Å². The smallest absolute Gasteiger partial charge is 0.147 e. The van der Waals surface area contributed by atoms with Crippen LogP contribution in [-0.2, 0) is 13.0 Å². The van der Waals surface area contributed by atoms with Crippen molar-refractivity contribution in [3.8, 4) is 0 Å². The topological polar surface area (TPSA) is 15.3 Å². The largest absolute Gasteiger partial charge is 0.394 e. The highest BCUT2D eigenvalue weighted by atomic mass is 32.2. The van der Waals surface area contributed by atoms with E-state index in [4.69, 9.17) is 0 Å². The van der Waals surface area contributed by atoms with Gasteiger partial charge < -0.3 is 5.32 Å². The molecule has 2 nitrogen and oxygen atoms in total. The third-order valence-corrected chi connectivity index (χ3v) is 6.85. The number of rotatable bonds is 10. The molecule has 0 amide bonds. The van der Waals surface area contributed by atoms with Crippen molar-refractivity contribution in [1.82, 2.24) is 10.2 Å². The number of thioether (sulfide) groups is 1. The fraction of sp³-hybridized carbons (Fsp3) is 0.407. The van der Waals surface area contributed by atoms with Crippen LogP contribution in [0.2, 0.25) is 0 Å². The molecule has 1 heterocycles. The fourth-order valence-electron chi connectivity index (χ4n) is 4.21. The van der Waals surface area contributed by atoms with Crippen molar-refractivity contribution in [1.29, 1.82) is 0 Å². The first-order chi connectivity index (χ1) is 15.1. The maximum Gasteiger partial charge on any atom is 0.147 e. The van der Waals surface area contributed by atoms with Crippen molar-refractivity contribution in [3.63, 3.8) is 0 Å². The summed E-state index contributed by atoms with van der Waals surface area (Å²) in [7, 11) is 1.92. The first kappa shape index (κ1) is 23.6. The predicted molar refractivity (Wildman–Crippen MR) is 134 cm³/mol. The molecule has 1 N–H and O–H groups in total. The van der Waals surface area contributed by atoms with Gasteiger partial charge in [-0.25, -0.2) is 4.39 Å². The Balaban J connectivity index is 1.45. The predicted octanol–water partition coefficient (Wildman–Crippen LogP) is 6.77. The van der Waals surface area contributed by atoms with E-state index in [0.29, 0.717) is 0 Å². The first-order valence-corrected chi connectivity index (χ1v) is 12.2. The van der Waals surface area contributed by atoms with E-state index in [1.807, 2.05) is 31.5 Å². The number of hydrogen-bond acceptors (Lipinski definition) is 3. The van der Waals surface area contributed by atoms with Crippen LogP contribution in [0.4, 0.5) is 4.39 Å². The average Bonchev–Trinajstić information content (AvgIpc) is 2.78. The number of nitrogens with one attached hydrogen (secondary N) is 1. The molecular weight excluding hydrogens is 403 g/mol. The Hall–Kier alpha value is -2.04. The second-order valence-electron chi connectivity index (χ2n) is 8.35. The van der Waals surface area contributed by atoms with E-state index < -0.39 is 5.50 Å². The van der Waals surface area contributed by atoms with Crippen molar-refractivity contribution in [2.75, 3.05) is 20.1 Å². The van der Waals surface area contributed by atoms with E-state index in [1.165, 1.54) is 53.3 Å². The Morgan fingerprint density at radius 1 is 1.13 bits per heavy atom. The third-order valence-electron chi connectivity index (χ3n) is 5.98. The molecule has 1 fully saturated rings. The van der Waals surface area contributed by atoms with E-state index in [2.05, 4.69) is 53.2 Å². The van der Waals surface area contributed by atoms with Gasteiger partial charge in [0, 0.05) is 18.5 Å². The van der Waals surface area contributed by atoms with Gasteiger partial charge in [0.2, 0.25) is 0 Å². The second-order valence-corrected chi connectivity index (χ2v) is 9.71. The minimum Gasteiger partial charge on any atom is -0.394 e. The zero-order valence-corrected chi connectivity index (χ0v) is 19.6. The normalized spacial score (nSPS) is 16.5. The molecule has 2 aromatic rings. The van der Waals surface area contributed by atoms with Crippen molar-refractivity contribution in [2.45, 2.75) is 49.6 Å². The quantitative estimate of drug-likeness (QED) is 0.412. The van der Waals surface area contributed by atoms with Crippen LogP contribution < -0.4 is 5.32 Å². The number of likely N-dealkylation sites (tertiary alicyclic amines) is 1. The van der Waals surface area contributed by atoms with Gasteiger partial charge in [-0.05, 0) is 98.3 Å². The van der Waals surface area contributed by atoms with Gasteiger partial charge in [0.1, 0.15) is 5.50 Å². The van der Waals surface area contributed by atoms with Gasteiger partial charge in [0.05, 0.1) is 0 Å². The highest BCUT2D eigenvalue weighted by Gasteiger charge is 2.19. The molecule has 0 spiro atoms. The lowest BCUT2D eigenvalue weighted by molar-refractivity contribution is 0.172. The van der Waals surface area contributed by atoms with Crippen LogP contribution in [0.3, 0.4) is 0 Å². The molecule has 166 valence electrons. The van der Waals surface area contributed by atoms with Gasteiger partial charge in [-0.3, -0.25) is 4.90 Å². The van der Waals surface area contributed by atoms with Crippen LogP contribution in [0.25, 0.3) is 12.2 Å². The van der Waals surface area contributed by atoms with E-state index in [-0.39, 0.29) is 0 Å². The number of hydrogen-bond donors (Lipinski definition) is 1. The number of benzene rings is 2. The van der Waals surface area contributed by atoms with Crippen LogP contribution in [-0.4, -0.2) is 30.5 Å². The summed E-state index contributed by atoms with van der Waals surface area (Å²) >= 11 is 1.27. The lowest BCUT2D eigenvalue weighted by Crippen LogP contribution is -2.33. The average molecular weight is 439 g/mol. The number of piperidine rings is 1. The van der Waals surface area contributed by atoms with Gasteiger partial charge in [-0.15, -0.1) is 0 Å². The summed E-state index contributed by atoms with van der Waals surface area (Å²) in [5.74, 6) is 0.802. The molecule has 1 atom stereocenters. The molecule has 3 rings (SSSR count). The Bertz CT molecular complexity index is 852. The Labute approximate surface area is 191 Å². The Morgan fingerprint density at radius 3 is 2.48 bits per heavy atom. The molecule has 1 aliphatic heterocycles. The minimum atomic E-state index is -0.860. The van der Waals surface area contributed by atoms with Gasteiger partial charge >= 0.3 is 0 Å². The number of aryl methyl sites for hydroxylation is 1. The highest BCUT2D eigenvalue weighted by Crippen LogP contribution is 2.27. The first-order valence-electron chi connectivity index (χ1n) is 11.3. The molecule has 2 aromatic carbocycles. The summed E-state index contributed by atoms with van der Waals surface area (Å²) in [6, 6.07) is 15.1. The fourth-order valence-corrected chi connectivity index (χ4v) is 4.87. The van der Waals surface area contributed by atoms with Crippen LogP contribution in [0.1, 0.15) is 48.4 Å². The summed E-state index contributed by atoms with van der Waals surface area (Å²) in [4.78, 5) is 3.55. The second kappa shape index (κ2) is 12.1. The van der Waals surface area contributed by atoms with Gasteiger partial charge in [0.15, 0.2) is 0 Å². The summed E-state index contributed by atoms with van der Waals surface area (Å²) in [6.07, 6.45) is 10.9. The summed E-state index contributed by atoms with van der Waals surface area (Å²) < 4.78 is 13.1. The van der Waals surface area contributed by atoms with E-state index >= 15 is 0 Å². The van der Waals surface area contributed by atoms with Gasteiger partial charge in [-0.1, -0.05) is 54.7 Å². The zero-order chi connectivity index (χ0) is 22.1. The van der Waals surface area contributed by atoms with Crippen LogP contribution >= 0.6 is 11.8 Å². The van der Waals surface area contributed by atoms with Crippen LogP contribution in [0.5, 0.6) is 0 Å². The standard InChI is InChI=1S/C27H35FN2S/c1-4-25-10-7-23(19-26(25)13-16-29-3)6-5-22-14-17-30(18-15-22)20-24-8-11-27(12-9-24)31-21(2)28/h4,7-13,16,19,21-22,29H,1,5-6,14-15,17-18,20H2,2-3H3/b16-13-. The minimum absolute atomic E-state index is 0.802. The highest BCUT2D eigenvalue weighted by molar-refractivity contribution is 7.99. The van der Waals surface area contributed by atoms with E-state index in [9.17, 15) is 4.39 Å². The third kappa shape index (κ3) is 7.55. The number of halogens is 1. The molecule has 31 heavy (non-hydrogen) atoms. The lowest BCUT2D eigenvalue weighted by Gasteiger charge is -2.32. The molecule has 1 unspecified atom stereocenters. The lowest BCUT2D eigenvalue weighted by atomic mass is 9.89. The molecule has 4 heteroatoms. The van der Waals surface area contributed by atoms with Crippen LogP contribution in [0, 0.1) is 5.92 Å². The molecular formula is C27H35FN2S. The van der Waals surface area contributed by atoms with E-state index in [0.717, 1.165) is 36.9 Å². The summed E-state index contributed by atoms with van der Waals surface area (Å²) in [5, 5.41) is 3.07. The maximum absolute atomic E-state index is 13.1.